The first kappa shape index (κ1) is 22.8. The molecule has 8 heteroatoms. The van der Waals surface area contributed by atoms with Gasteiger partial charge in [-0.25, -0.2) is 12.7 Å². The van der Waals surface area contributed by atoms with Gasteiger partial charge in [0.15, 0.2) is 0 Å². The number of ether oxygens (including phenoxy) is 1. The van der Waals surface area contributed by atoms with Crippen molar-refractivity contribution in [1.82, 2.24) is 9.62 Å². The fourth-order valence-electron chi connectivity index (χ4n) is 3.76. The number of hydrogen-bond acceptors (Lipinski definition) is 5. The van der Waals surface area contributed by atoms with E-state index in [9.17, 15) is 18.0 Å². The van der Waals surface area contributed by atoms with Crippen molar-refractivity contribution in [3.63, 3.8) is 0 Å². The second-order valence-corrected chi connectivity index (χ2v) is 9.63. The van der Waals surface area contributed by atoms with Crippen LogP contribution in [0.3, 0.4) is 0 Å². The van der Waals surface area contributed by atoms with Crippen LogP contribution in [0.1, 0.15) is 37.3 Å². The molecule has 2 atom stereocenters. The van der Waals surface area contributed by atoms with Crippen LogP contribution in [-0.2, 0) is 26.0 Å². The zero-order valence-corrected chi connectivity index (χ0v) is 18.8. The monoisotopic (exact) mass is 444 g/mol. The van der Waals surface area contributed by atoms with Gasteiger partial charge in [-0.1, -0.05) is 30.3 Å². The Bertz CT molecular complexity index is 1050. The highest BCUT2D eigenvalue weighted by atomic mass is 32.2. The normalized spacial score (nSPS) is 17.5. The van der Waals surface area contributed by atoms with Crippen LogP contribution in [-0.4, -0.2) is 43.7 Å². The van der Waals surface area contributed by atoms with Crippen LogP contribution in [0.2, 0.25) is 0 Å². The molecule has 2 aromatic rings. The van der Waals surface area contributed by atoms with Gasteiger partial charge in [-0.3, -0.25) is 9.59 Å². The minimum atomic E-state index is -4.15. The summed E-state index contributed by atoms with van der Waals surface area (Å²) in [7, 11) is -2.65. The number of nitrogens with zero attached hydrogens (tertiary/aromatic N) is 1. The van der Waals surface area contributed by atoms with E-state index in [1.807, 2.05) is 37.3 Å². The van der Waals surface area contributed by atoms with Crippen LogP contribution in [0.25, 0.3) is 0 Å². The van der Waals surface area contributed by atoms with Crippen LogP contribution in [0.4, 0.5) is 0 Å². The number of methoxy groups -OCH3 is 1. The lowest BCUT2D eigenvalue weighted by Crippen LogP contribution is -2.49. The smallest absolute Gasteiger partial charge is 0.267 e. The molecule has 7 nitrogen and oxygen atoms in total. The molecule has 1 saturated heterocycles. The summed E-state index contributed by atoms with van der Waals surface area (Å²) in [6.45, 7) is 3.60. The van der Waals surface area contributed by atoms with E-state index in [0.717, 1.165) is 10.7 Å². The van der Waals surface area contributed by atoms with E-state index >= 15 is 0 Å². The number of aryl methyl sites for hydroxylation is 2. The van der Waals surface area contributed by atoms with E-state index in [1.165, 1.54) is 24.8 Å². The lowest BCUT2D eigenvalue weighted by Gasteiger charge is -2.25. The Hall–Kier alpha value is -2.87. The molecule has 0 bridgehead atoms. The average Bonchev–Trinajstić information content (AvgIpc) is 3.15. The topological polar surface area (TPSA) is 92.8 Å². The molecule has 31 heavy (non-hydrogen) atoms. The number of hydrogen-bond donors (Lipinski definition) is 1. The van der Waals surface area contributed by atoms with Crippen molar-refractivity contribution in [3.8, 4) is 5.75 Å². The average molecular weight is 445 g/mol. The largest absolute Gasteiger partial charge is 0.496 e. The van der Waals surface area contributed by atoms with Gasteiger partial charge in [0.2, 0.25) is 11.8 Å². The zero-order chi connectivity index (χ0) is 22.6. The molecule has 0 spiro atoms. The molecule has 0 aliphatic carbocycles. The van der Waals surface area contributed by atoms with Crippen LogP contribution in [0.15, 0.2) is 53.4 Å². The first-order valence-electron chi connectivity index (χ1n) is 10.3. The number of rotatable bonds is 8. The number of nitrogens with one attached hydrogen (secondary N) is 1. The third-order valence-corrected chi connectivity index (χ3v) is 7.31. The molecule has 2 amide bonds. The van der Waals surface area contributed by atoms with Crippen LogP contribution in [0.5, 0.6) is 5.75 Å². The predicted molar refractivity (Wildman–Crippen MR) is 117 cm³/mol. The number of sulfonamides is 1. The highest BCUT2D eigenvalue weighted by Crippen LogP contribution is 2.30. The predicted octanol–water partition coefficient (Wildman–Crippen LogP) is 2.82. The Morgan fingerprint density at radius 2 is 1.94 bits per heavy atom. The van der Waals surface area contributed by atoms with Gasteiger partial charge < -0.3 is 10.1 Å². The number of benzene rings is 2. The molecule has 2 aromatic carbocycles. The highest BCUT2D eigenvalue weighted by molar-refractivity contribution is 7.89. The van der Waals surface area contributed by atoms with E-state index in [1.54, 1.807) is 13.0 Å². The van der Waals surface area contributed by atoms with Gasteiger partial charge in [0, 0.05) is 12.5 Å². The molecule has 1 N–H and O–H groups in total. The Morgan fingerprint density at radius 3 is 2.58 bits per heavy atom. The van der Waals surface area contributed by atoms with Gasteiger partial charge in [0.05, 0.1) is 12.0 Å². The van der Waals surface area contributed by atoms with Crippen molar-refractivity contribution in [2.75, 3.05) is 7.11 Å². The van der Waals surface area contributed by atoms with Crippen LogP contribution in [0, 0.1) is 6.92 Å². The zero-order valence-electron chi connectivity index (χ0n) is 18.0. The van der Waals surface area contributed by atoms with Crippen molar-refractivity contribution in [3.05, 3.63) is 59.7 Å². The minimum absolute atomic E-state index is 0.0187. The Balaban J connectivity index is 1.72. The molecule has 1 aliphatic heterocycles. The second-order valence-electron chi connectivity index (χ2n) is 7.81. The summed E-state index contributed by atoms with van der Waals surface area (Å²) in [6, 6.07) is 13.1. The summed E-state index contributed by atoms with van der Waals surface area (Å²) in [5.41, 5.74) is 1.80. The van der Waals surface area contributed by atoms with E-state index in [0.29, 0.717) is 17.7 Å². The van der Waals surface area contributed by atoms with Crippen LogP contribution < -0.4 is 10.1 Å². The summed E-state index contributed by atoms with van der Waals surface area (Å²) < 4.78 is 32.3. The Morgan fingerprint density at radius 1 is 1.23 bits per heavy atom. The van der Waals surface area contributed by atoms with E-state index in [4.69, 9.17) is 4.74 Å². The van der Waals surface area contributed by atoms with Gasteiger partial charge in [0.25, 0.3) is 10.0 Å². The van der Waals surface area contributed by atoms with Gasteiger partial charge in [-0.2, -0.15) is 0 Å². The molecule has 1 fully saturated rings. The van der Waals surface area contributed by atoms with E-state index in [-0.39, 0.29) is 23.8 Å². The summed E-state index contributed by atoms with van der Waals surface area (Å²) in [5, 5.41) is 2.88. The summed E-state index contributed by atoms with van der Waals surface area (Å²) in [5.74, 6) is -0.459. The lowest BCUT2D eigenvalue weighted by atomic mass is 10.1. The summed E-state index contributed by atoms with van der Waals surface area (Å²) in [6.07, 6.45) is 1.69. The quantitative estimate of drug-likeness (QED) is 0.676. The Labute approximate surface area is 183 Å². The summed E-state index contributed by atoms with van der Waals surface area (Å²) >= 11 is 0. The lowest BCUT2D eigenvalue weighted by molar-refractivity contribution is -0.131. The van der Waals surface area contributed by atoms with Gasteiger partial charge in [-0.05, 0) is 62.4 Å². The highest BCUT2D eigenvalue weighted by Gasteiger charge is 2.44. The number of carbonyl (C=O) groups is 2. The third kappa shape index (κ3) is 5.07. The maximum atomic E-state index is 13.2. The fraction of sp³-hybridized carbons (Fsp3) is 0.391. The van der Waals surface area contributed by atoms with Crippen molar-refractivity contribution < 1.29 is 22.7 Å². The third-order valence-electron chi connectivity index (χ3n) is 5.48. The van der Waals surface area contributed by atoms with E-state index < -0.39 is 27.9 Å². The molecule has 0 radical (unpaired) electrons. The second kappa shape index (κ2) is 9.51. The molecule has 0 aromatic heterocycles. The molecular formula is C23H28N2O5S. The van der Waals surface area contributed by atoms with Crippen LogP contribution >= 0.6 is 0 Å². The summed E-state index contributed by atoms with van der Waals surface area (Å²) in [4.78, 5) is 25.3. The molecule has 1 heterocycles. The van der Waals surface area contributed by atoms with Crippen molar-refractivity contribution in [1.29, 1.82) is 0 Å². The molecule has 166 valence electrons. The van der Waals surface area contributed by atoms with Crippen molar-refractivity contribution in [2.45, 2.75) is 56.5 Å². The minimum Gasteiger partial charge on any atom is -0.496 e. The number of amides is 2. The first-order valence-corrected chi connectivity index (χ1v) is 11.7. The van der Waals surface area contributed by atoms with Gasteiger partial charge in [-0.15, -0.1) is 0 Å². The maximum absolute atomic E-state index is 13.2. The molecular weight excluding hydrogens is 416 g/mol. The van der Waals surface area contributed by atoms with Gasteiger partial charge in [0.1, 0.15) is 11.8 Å². The maximum Gasteiger partial charge on any atom is 0.267 e. The standard InChI is InChI=1S/C23H28N2O5S/c1-16-15-19(11-13-21(16)30-3)31(28,29)25-20(12-14-22(25)26)23(27)24-17(2)9-10-18-7-5-4-6-8-18/h4-8,11,13,15,17,20H,9-10,12,14H2,1-3H3,(H,24,27)/t17-,20+/m0/s1. The SMILES string of the molecule is COc1ccc(S(=O)(=O)N2C(=O)CC[C@@H]2C(=O)N[C@@H](C)CCc2ccccc2)cc1C. The molecule has 3 rings (SSSR count). The number of carbonyl (C=O) groups excluding carboxylic acids is 2. The van der Waals surface area contributed by atoms with Crippen molar-refractivity contribution in [2.24, 2.45) is 0 Å². The Kier molecular flexibility index (Phi) is 7.00. The molecule has 1 aliphatic rings. The molecule has 0 saturated carbocycles. The molecule has 0 unspecified atom stereocenters. The van der Waals surface area contributed by atoms with Gasteiger partial charge >= 0.3 is 0 Å². The first-order chi connectivity index (χ1) is 14.7. The fourth-order valence-corrected chi connectivity index (χ4v) is 5.45. The van der Waals surface area contributed by atoms with E-state index in [2.05, 4.69) is 5.32 Å². The van der Waals surface area contributed by atoms with Crippen molar-refractivity contribution >= 4 is 21.8 Å².